The molecule has 0 bridgehead atoms. The van der Waals surface area contributed by atoms with E-state index in [-0.39, 0.29) is 12.5 Å². The van der Waals surface area contributed by atoms with Gasteiger partial charge in [-0.1, -0.05) is 13.8 Å². The molecule has 1 aromatic rings. The van der Waals surface area contributed by atoms with Gasteiger partial charge in [-0.15, -0.1) is 11.3 Å². The van der Waals surface area contributed by atoms with Crippen molar-refractivity contribution in [3.8, 4) is 0 Å². The standard InChI is InChI=1S/C14H21NO2S/c1-4-14(5-2,10-16)15-13(17)7-6-12-11(3)8-9-18-12/h6-9,16H,4-5,10H2,1-3H3,(H,15,17). The van der Waals surface area contributed by atoms with Crippen LogP contribution in [0, 0.1) is 6.92 Å². The highest BCUT2D eigenvalue weighted by Crippen LogP contribution is 2.17. The quantitative estimate of drug-likeness (QED) is 0.779. The molecule has 1 aromatic heterocycles. The van der Waals surface area contributed by atoms with Crippen molar-refractivity contribution in [1.82, 2.24) is 5.32 Å². The summed E-state index contributed by atoms with van der Waals surface area (Å²) in [7, 11) is 0. The molecule has 3 nitrogen and oxygen atoms in total. The van der Waals surface area contributed by atoms with Crippen LogP contribution in [0.2, 0.25) is 0 Å². The first-order chi connectivity index (χ1) is 8.56. The monoisotopic (exact) mass is 267 g/mol. The number of amides is 1. The Kier molecular flexibility index (Phi) is 5.56. The van der Waals surface area contributed by atoms with Gasteiger partial charge in [0.1, 0.15) is 0 Å². The number of carbonyl (C=O) groups is 1. The van der Waals surface area contributed by atoms with Crippen molar-refractivity contribution in [3.05, 3.63) is 28.0 Å². The minimum absolute atomic E-state index is 0.0301. The molecule has 0 saturated carbocycles. The van der Waals surface area contributed by atoms with Gasteiger partial charge in [-0.3, -0.25) is 4.79 Å². The predicted octanol–water partition coefficient (Wildman–Crippen LogP) is 2.74. The van der Waals surface area contributed by atoms with Crippen LogP contribution in [0.15, 0.2) is 17.5 Å². The number of hydrogen-bond donors (Lipinski definition) is 2. The largest absolute Gasteiger partial charge is 0.394 e. The van der Waals surface area contributed by atoms with E-state index >= 15 is 0 Å². The first-order valence-corrected chi connectivity index (χ1v) is 7.10. The molecule has 4 heteroatoms. The molecular weight excluding hydrogens is 246 g/mol. The minimum atomic E-state index is -0.494. The molecule has 0 saturated heterocycles. The third-order valence-electron chi connectivity index (χ3n) is 3.33. The predicted molar refractivity (Wildman–Crippen MR) is 76.6 cm³/mol. The summed E-state index contributed by atoms with van der Waals surface area (Å²) in [5.74, 6) is -0.152. The molecule has 0 aliphatic heterocycles. The maximum absolute atomic E-state index is 11.8. The van der Waals surface area contributed by atoms with Gasteiger partial charge in [-0.2, -0.15) is 0 Å². The Morgan fingerprint density at radius 2 is 2.17 bits per heavy atom. The normalized spacial score (nSPS) is 12.0. The SMILES string of the molecule is CCC(CC)(CO)NC(=O)C=Cc1sccc1C. The van der Waals surface area contributed by atoms with Crippen molar-refractivity contribution < 1.29 is 9.90 Å². The highest BCUT2D eigenvalue weighted by Gasteiger charge is 2.26. The van der Waals surface area contributed by atoms with Gasteiger partial charge in [0.15, 0.2) is 0 Å². The number of nitrogens with one attached hydrogen (secondary N) is 1. The average Bonchev–Trinajstić information content (AvgIpc) is 2.79. The van der Waals surface area contributed by atoms with Gasteiger partial charge in [0, 0.05) is 11.0 Å². The highest BCUT2D eigenvalue weighted by molar-refractivity contribution is 7.11. The van der Waals surface area contributed by atoms with Crippen molar-refractivity contribution in [3.63, 3.8) is 0 Å². The zero-order chi connectivity index (χ0) is 13.6. The molecule has 2 N–H and O–H groups in total. The summed E-state index contributed by atoms with van der Waals surface area (Å²) in [6.07, 6.45) is 4.80. The lowest BCUT2D eigenvalue weighted by Gasteiger charge is -2.30. The van der Waals surface area contributed by atoms with Gasteiger partial charge in [0.05, 0.1) is 12.1 Å². The van der Waals surface area contributed by atoms with Gasteiger partial charge in [-0.05, 0) is 42.9 Å². The number of rotatable bonds is 6. The van der Waals surface area contributed by atoms with Crippen LogP contribution in [-0.4, -0.2) is 23.2 Å². The maximum Gasteiger partial charge on any atom is 0.244 e. The van der Waals surface area contributed by atoms with Crippen LogP contribution in [0.1, 0.15) is 37.1 Å². The van der Waals surface area contributed by atoms with Crippen LogP contribution in [0.5, 0.6) is 0 Å². The number of aliphatic hydroxyl groups excluding tert-OH is 1. The third kappa shape index (κ3) is 3.68. The molecule has 18 heavy (non-hydrogen) atoms. The Labute approximate surface area is 113 Å². The Hall–Kier alpha value is -1.13. The zero-order valence-electron chi connectivity index (χ0n) is 11.2. The third-order valence-corrected chi connectivity index (χ3v) is 4.32. The first kappa shape index (κ1) is 14.9. The summed E-state index contributed by atoms with van der Waals surface area (Å²) in [5, 5.41) is 14.3. The second-order valence-electron chi connectivity index (χ2n) is 4.44. The van der Waals surface area contributed by atoms with Crippen LogP contribution >= 0.6 is 11.3 Å². The second-order valence-corrected chi connectivity index (χ2v) is 5.38. The molecule has 1 amide bonds. The summed E-state index contributed by atoms with van der Waals surface area (Å²) in [6, 6.07) is 2.03. The lowest BCUT2D eigenvalue weighted by atomic mass is 9.94. The lowest BCUT2D eigenvalue weighted by Crippen LogP contribution is -2.49. The molecular formula is C14H21NO2S. The molecule has 100 valence electrons. The molecule has 0 aliphatic carbocycles. The molecule has 0 atom stereocenters. The van der Waals surface area contributed by atoms with E-state index in [1.54, 1.807) is 11.3 Å². The fourth-order valence-electron chi connectivity index (χ4n) is 1.70. The average molecular weight is 267 g/mol. The summed E-state index contributed by atoms with van der Waals surface area (Å²) in [4.78, 5) is 12.9. The number of thiophene rings is 1. The summed E-state index contributed by atoms with van der Waals surface area (Å²) >= 11 is 1.61. The molecule has 0 radical (unpaired) electrons. The minimum Gasteiger partial charge on any atom is -0.394 e. The van der Waals surface area contributed by atoms with Crippen molar-refractivity contribution in [2.24, 2.45) is 0 Å². The van der Waals surface area contributed by atoms with E-state index in [2.05, 4.69) is 5.32 Å². The van der Waals surface area contributed by atoms with E-state index in [1.807, 2.05) is 38.3 Å². The van der Waals surface area contributed by atoms with Crippen LogP contribution in [0.25, 0.3) is 6.08 Å². The molecule has 1 heterocycles. The molecule has 0 aromatic carbocycles. The van der Waals surface area contributed by atoms with Gasteiger partial charge >= 0.3 is 0 Å². The lowest BCUT2D eigenvalue weighted by molar-refractivity contribution is -0.119. The maximum atomic E-state index is 11.8. The Balaban J connectivity index is 2.66. The molecule has 0 spiro atoms. The van der Waals surface area contributed by atoms with Gasteiger partial charge in [0.25, 0.3) is 0 Å². The van der Waals surface area contributed by atoms with Crippen molar-refractivity contribution in [2.45, 2.75) is 39.2 Å². The van der Waals surface area contributed by atoms with E-state index in [4.69, 9.17) is 0 Å². The highest BCUT2D eigenvalue weighted by atomic mass is 32.1. The molecule has 0 unspecified atom stereocenters. The van der Waals surface area contributed by atoms with E-state index in [9.17, 15) is 9.90 Å². The van der Waals surface area contributed by atoms with E-state index < -0.39 is 5.54 Å². The van der Waals surface area contributed by atoms with E-state index in [0.717, 1.165) is 17.7 Å². The van der Waals surface area contributed by atoms with Crippen LogP contribution in [0.4, 0.5) is 0 Å². The van der Waals surface area contributed by atoms with Gasteiger partial charge < -0.3 is 10.4 Å². The molecule has 0 aliphatic rings. The first-order valence-electron chi connectivity index (χ1n) is 6.22. The molecule has 1 rings (SSSR count). The second kappa shape index (κ2) is 6.71. The van der Waals surface area contributed by atoms with Crippen LogP contribution in [-0.2, 0) is 4.79 Å². The Bertz CT molecular complexity index is 411. The van der Waals surface area contributed by atoms with E-state index in [1.165, 1.54) is 11.6 Å². The van der Waals surface area contributed by atoms with Crippen LogP contribution < -0.4 is 5.32 Å². The van der Waals surface area contributed by atoms with E-state index in [0.29, 0.717) is 0 Å². The number of aryl methyl sites for hydroxylation is 1. The smallest absolute Gasteiger partial charge is 0.244 e. The van der Waals surface area contributed by atoms with Gasteiger partial charge in [-0.25, -0.2) is 0 Å². The Morgan fingerprint density at radius 1 is 1.50 bits per heavy atom. The topological polar surface area (TPSA) is 49.3 Å². The number of hydrogen-bond acceptors (Lipinski definition) is 3. The molecule has 0 fully saturated rings. The Morgan fingerprint density at radius 3 is 2.61 bits per heavy atom. The van der Waals surface area contributed by atoms with Crippen molar-refractivity contribution in [1.29, 1.82) is 0 Å². The van der Waals surface area contributed by atoms with Crippen LogP contribution in [0.3, 0.4) is 0 Å². The van der Waals surface area contributed by atoms with Gasteiger partial charge in [0.2, 0.25) is 5.91 Å². The fraction of sp³-hybridized carbons (Fsp3) is 0.500. The zero-order valence-corrected chi connectivity index (χ0v) is 12.0. The van der Waals surface area contributed by atoms with Crippen molar-refractivity contribution >= 4 is 23.3 Å². The summed E-state index contributed by atoms with van der Waals surface area (Å²) in [6.45, 7) is 5.92. The number of carbonyl (C=O) groups excluding carboxylic acids is 1. The number of aliphatic hydroxyl groups is 1. The fourth-order valence-corrected chi connectivity index (χ4v) is 2.52. The van der Waals surface area contributed by atoms with Crippen molar-refractivity contribution in [2.75, 3.05) is 6.61 Å². The summed E-state index contributed by atoms with van der Waals surface area (Å²) in [5.41, 5.74) is 0.676. The summed E-state index contributed by atoms with van der Waals surface area (Å²) < 4.78 is 0.